The Morgan fingerprint density at radius 2 is 2.05 bits per heavy atom. The van der Waals surface area contributed by atoms with Gasteiger partial charge in [0, 0.05) is 18.4 Å². The number of nitrogens with zero attached hydrogens (tertiary/aromatic N) is 1. The Morgan fingerprint density at radius 3 is 2.65 bits per heavy atom. The lowest BCUT2D eigenvalue weighted by molar-refractivity contribution is -0.264. The molecule has 2 aliphatic rings. The summed E-state index contributed by atoms with van der Waals surface area (Å²) in [5.74, 6) is -2.21. The van der Waals surface area contributed by atoms with Gasteiger partial charge in [0.25, 0.3) is 0 Å². The number of rotatable bonds is 5. The van der Waals surface area contributed by atoms with Crippen LogP contribution in [0.2, 0.25) is 0 Å². The van der Waals surface area contributed by atoms with Crippen LogP contribution >= 0.6 is 0 Å². The second-order valence-corrected chi connectivity index (χ2v) is 6.56. The zero-order valence-corrected chi connectivity index (χ0v) is 12.7. The lowest BCUT2D eigenvalue weighted by Gasteiger charge is -2.34. The molecule has 2 heterocycles. The molecule has 2 rings (SSSR count). The van der Waals surface area contributed by atoms with E-state index < -0.39 is 17.9 Å². The lowest BCUT2D eigenvalue weighted by Crippen LogP contribution is -2.49. The van der Waals surface area contributed by atoms with Gasteiger partial charge >= 0.3 is 5.97 Å². The zero-order valence-electron chi connectivity index (χ0n) is 12.7. The number of hydrogen-bond acceptors (Lipinski definition) is 5. The number of aliphatic hydroxyl groups excluding tert-OH is 1. The normalized spacial score (nSPS) is 31.1. The van der Waals surface area contributed by atoms with Crippen LogP contribution in [0.4, 0.5) is 0 Å². The first-order valence-electron chi connectivity index (χ1n) is 7.71. The minimum atomic E-state index is -1.79. The van der Waals surface area contributed by atoms with Gasteiger partial charge in [-0.25, -0.2) is 0 Å². The summed E-state index contributed by atoms with van der Waals surface area (Å²) in [6, 6.07) is 0.501. The van der Waals surface area contributed by atoms with Crippen LogP contribution in [0.25, 0.3) is 0 Å². The number of carbonyl (C=O) groups excluding carboxylic acids is 1. The monoisotopic (exact) mass is 285 g/mol. The first-order valence-corrected chi connectivity index (χ1v) is 7.71. The standard InChI is InChI=1S/C15H27NO4/c1-10(2)15(19,11(3)17)20-14(18)9-12-6-8-16-7-4-5-13(12)16/h10-13,17,19H,4-9H2,1-3H3/t11-,12+,13-,15-/m1/s1. The van der Waals surface area contributed by atoms with Gasteiger partial charge < -0.3 is 19.8 Å². The smallest absolute Gasteiger partial charge is 0.308 e. The SMILES string of the molecule is CC(C)[C@@](O)(OC(=O)C[C@@H]1CCN2CCC[C@H]12)[C@@H](C)O. The maximum atomic E-state index is 12.1. The molecule has 5 heteroatoms. The molecule has 2 aliphatic heterocycles. The summed E-state index contributed by atoms with van der Waals surface area (Å²) < 4.78 is 5.22. The van der Waals surface area contributed by atoms with E-state index in [1.54, 1.807) is 13.8 Å². The summed E-state index contributed by atoms with van der Waals surface area (Å²) in [6.45, 7) is 7.11. The van der Waals surface area contributed by atoms with E-state index in [1.165, 1.54) is 13.3 Å². The van der Waals surface area contributed by atoms with Crippen LogP contribution in [0.1, 0.15) is 46.5 Å². The molecule has 2 N–H and O–H groups in total. The van der Waals surface area contributed by atoms with Gasteiger partial charge in [-0.2, -0.15) is 0 Å². The van der Waals surface area contributed by atoms with Crippen molar-refractivity contribution in [1.29, 1.82) is 0 Å². The van der Waals surface area contributed by atoms with Crippen molar-refractivity contribution in [1.82, 2.24) is 4.90 Å². The predicted molar refractivity (Wildman–Crippen MR) is 74.9 cm³/mol. The molecule has 0 bridgehead atoms. The van der Waals surface area contributed by atoms with Crippen molar-refractivity contribution < 1.29 is 19.7 Å². The van der Waals surface area contributed by atoms with Crippen molar-refractivity contribution in [3.8, 4) is 0 Å². The maximum absolute atomic E-state index is 12.1. The molecule has 5 nitrogen and oxygen atoms in total. The third-order valence-corrected chi connectivity index (χ3v) is 4.88. The van der Waals surface area contributed by atoms with Crippen molar-refractivity contribution in [3.63, 3.8) is 0 Å². The van der Waals surface area contributed by atoms with Crippen molar-refractivity contribution in [2.45, 2.75) is 64.4 Å². The van der Waals surface area contributed by atoms with E-state index in [2.05, 4.69) is 4.90 Å². The number of carbonyl (C=O) groups is 1. The highest BCUT2D eigenvalue weighted by molar-refractivity contribution is 5.70. The molecule has 0 aliphatic carbocycles. The van der Waals surface area contributed by atoms with Crippen LogP contribution in [-0.2, 0) is 9.53 Å². The fourth-order valence-electron chi connectivity index (χ4n) is 3.55. The molecule has 2 fully saturated rings. The van der Waals surface area contributed by atoms with Gasteiger partial charge in [-0.15, -0.1) is 0 Å². The molecule has 0 saturated carbocycles. The van der Waals surface area contributed by atoms with Crippen LogP contribution in [0.3, 0.4) is 0 Å². The zero-order chi connectivity index (χ0) is 14.9. The van der Waals surface area contributed by atoms with Crippen LogP contribution in [0.15, 0.2) is 0 Å². The van der Waals surface area contributed by atoms with Crippen molar-refractivity contribution in [3.05, 3.63) is 0 Å². The van der Waals surface area contributed by atoms with Gasteiger partial charge in [0.15, 0.2) is 0 Å². The first-order chi connectivity index (χ1) is 9.34. The average Bonchev–Trinajstić information content (AvgIpc) is 2.93. The second kappa shape index (κ2) is 6.00. The van der Waals surface area contributed by atoms with E-state index >= 15 is 0 Å². The molecule has 0 spiro atoms. The molecule has 4 atom stereocenters. The highest BCUT2D eigenvalue weighted by atomic mass is 16.7. The van der Waals surface area contributed by atoms with Crippen LogP contribution in [-0.4, -0.2) is 52.1 Å². The Labute approximate surface area is 120 Å². The molecule has 0 amide bonds. The van der Waals surface area contributed by atoms with Crippen LogP contribution in [0, 0.1) is 11.8 Å². The number of ether oxygens (including phenoxy) is 1. The van der Waals surface area contributed by atoms with Gasteiger partial charge in [0.1, 0.15) is 6.10 Å². The number of esters is 1. The van der Waals surface area contributed by atoms with Crippen LogP contribution < -0.4 is 0 Å². The Morgan fingerprint density at radius 1 is 1.35 bits per heavy atom. The first kappa shape index (κ1) is 15.7. The van der Waals surface area contributed by atoms with Gasteiger partial charge in [-0.1, -0.05) is 13.8 Å². The van der Waals surface area contributed by atoms with Gasteiger partial charge in [-0.3, -0.25) is 4.79 Å². The van der Waals surface area contributed by atoms with E-state index in [1.807, 2.05) is 0 Å². The van der Waals surface area contributed by atoms with E-state index in [0.29, 0.717) is 18.4 Å². The molecule has 2 saturated heterocycles. The third kappa shape index (κ3) is 3.00. The van der Waals surface area contributed by atoms with Gasteiger partial charge in [-0.05, 0) is 45.2 Å². The van der Waals surface area contributed by atoms with E-state index in [4.69, 9.17) is 4.74 Å². The summed E-state index contributed by atoms with van der Waals surface area (Å²) in [7, 11) is 0. The molecule has 0 aromatic carbocycles. The molecule has 0 radical (unpaired) electrons. The Balaban J connectivity index is 1.92. The summed E-state index contributed by atoms with van der Waals surface area (Å²) in [4.78, 5) is 14.5. The Hall–Kier alpha value is -0.650. The van der Waals surface area contributed by atoms with E-state index in [9.17, 15) is 15.0 Å². The molecular weight excluding hydrogens is 258 g/mol. The van der Waals surface area contributed by atoms with E-state index in [-0.39, 0.29) is 5.92 Å². The third-order valence-electron chi connectivity index (χ3n) is 4.88. The molecular formula is C15H27NO4. The van der Waals surface area contributed by atoms with Crippen molar-refractivity contribution in [2.24, 2.45) is 11.8 Å². The summed E-state index contributed by atoms with van der Waals surface area (Å²) in [6.07, 6.45) is 2.62. The number of hydrogen-bond donors (Lipinski definition) is 2. The predicted octanol–water partition coefficient (Wildman–Crippen LogP) is 1.13. The van der Waals surface area contributed by atoms with Gasteiger partial charge in [0.2, 0.25) is 5.79 Å². The maximum Gasteiger partial charge on any atom is 0.308 e. The Kier molecular flexibility index (Phi) is 4.72. The highest BCUT2D eigenvalue weighted by Crippen LogP contribution is 2.35. The number of aliphatic hydroxyl groups is 2. The fraction of sp³-hybridized carbons (Fsp3) is 0.933. The molecule has 0 unspecified atom stereocenters. The molecule has 0 aromatic heterocycles. The van der Waals surface area contributed by atoms with Crippen molar-refractivity contribution in [2.75, 3.05) is 13.1 Å². The average molecular weight is 285 g/mol. The topological polar surface area (TPSA) is 70.0 Å². The minimum Gasteiger partial charge on any atom is -0.430 e. The van der Waals surface area contributed by atoms with E-state index in [0.717, 1.165) is 25.9 Å². The fourth-order valence-corrected chi connectivity index (χ4v) is 3.55. The number of fused-ring (bicyclic) bond motifs is 1. The highest BCUT2D eigenvalue weighted by Gasteiger charge is 2.43. The molecule has 20 heavy (non-hydrogen) atoms. The quantitative estimate of drug-likeness (QED) is 0.585. The summed E-state index contributed by atoms with van der Waals surface area (Å²) >= 11 is 0. The minimum absolute atomic E-state index is 0.329. The lowest BCUT2D eigenvalue weighted by atomic mass is 9.94. The molecule has 116 valence electrons. The largest absolute Gasteiger partial charge is 0.430 e. The van der Waals surface area contributed by atoms with Gasteiger partial charge in [0.05, 0.1) is 0 Å². The summed E-state index contributed by atoms with van der Waals surface area (Å²) in [5.41, 5.74) is 0. The van der Waals surface area contributed by atoms with Crippen molar-refractivity contribution >= 4 is 5.97 Å². The molecule has 0 aromatic rings. The Bertz CT molecular complexity index is 348. The summed E-state index contributed by atoms with van der Waals surface area (Å²) in [5, 5.41) is 20.0. The van der Waals surface area contributed by atoms with Crippen LogP contribution in [0.5, 0.6) is 0 Å². The second-order valence-electron chi connectivity index (χ2n) is 6.56.